The minimum atomic E-state index is 0.383. The summed E-state index contributed by atoms with van der Waals surface area (Å²) in [7, 11) is 0. The van der Waals surface area contributed by atoms with Crippen molar-refractivity contribution in [1.29, 1.82) is 0 Å². The SMILES string of the molecule is CC(C)OCCCCNCC1CCCCCC1. The van der Waals surface area contributed by atoms with E-state index in [9.17, 15) is 0 Å². The van der Waals surface area contributed by atoms with E-state index in [0.717, 1.165) is 19.1 Å². The molecule has 2 heteroatoms. The molecule has 1 aliphatic rings. The van der Waals surface area contributed by atoms with E-state index < -0.39 is 0 Å². The number of hydrogen-bond acceptors (Lipinski definition) is 2. The van der Waals surface area contributed by atoms with Crippen molar-refractivity contribution < 1.29 is 4.74 Å². The summed E-state index contributed by atoms with van der Waals surface area (Å²) in [5.74, 6) is 0.949. The standard InChI is InChI=1S/C15H31NO/c1-14(2)17-12-8-7-11-16-13-15-9-5-3-4-6-10-15/h14-16H,3-13H2,1-2H3. The van der Waals surface area contributed by atoms with Gasteiger partial charge in [-0.15, -0.1) is 0 Å². The number of nitrogens with one attached hydrogen (secondary N) is 1. The molecule has 17 heavy (non-hydrogen) atoms. The van der Waals surface area contributed by atoms with E-state index in [2.05, 4.69) is 19.2 Å². The third-order valence-corrected chi connectivity index (χ3v) is 3.61. The predicted molar refractivity (Wildman–Crippen MR) is 74.4 cm³/mol. The Hall–Kier alpha value is -0.0800. The van der Waals surface area contributed by atoms with Crippen LogP contribution in [-0.2, 0) is 4.74 Å². The highest BCUT2D eigenvalue weighted by atomic mass is 16.5. The zero-order valence-corrected chi connectivity index (χ0v) is 11.8. The molecule has 0 heterocycles. The van der Waals surface area contributed by atoms with Gasteiger partial charge < -0.3 is 10.1 Å². The third-order valence-electron chi connectivity index (χ3n) is 3.61. The first-order valence-electron chi connectivity index (χ1n) is 7.61. The average Bonchev–Trinajstić information content (AvgIpc) is 2.56. The van der Waals surface area contributed by atoms with Gasteiger partial charge in [-0.2, -0.15) is 0 Å². The van der Waals surface area contributed by atoms with Gasteiger partial charge in [0.1, 0.15) is 0 Å². The molecule has 0 saturated heterocycles. The first kappa shape index (κ1) is 15.0. The van der Waals surface area contributed by atoms with Crippen LogP contribution in [0.5, 0.6) is 0 Å². The molecule has 1 rings (SSSR count). The highest BCUT2D eigenvalue weighted by Gasteiger charge is 2.11. The van der Waals surface area contributed by atoms with Gasteiger partial charge in [0.05, 0.1) is 6.10 Å². The summed E-state index contributed by atoms with van der Waals surface area (Å²) >= 11 is 0. The quantitative estimate of drug-likeness (QED) is 0.516. The zero-order chi connectivity index (χ0) is 12.3. The van der Waals surface area contributed by atoms with Crippen LogP contribution in [0.4, 0.5) is 0 Å². The van der Waals surface area contributed by atoms with Crippen molar-refractivity contribution in [3.05, 3.63) is 0 Å². The molecule has 1 saturated carbocycles. The fourth-order valence-corrected chi connectivity index (χ4v) is 2.55. The van der Waals surface area contributed by atoms with Crippen molar-refractivity contribution in [1.82, 2.24) is 5.32 Å². The van der Waals surface area contributed by atoms with Crippen LogP contribution < -0.4 is 5.32 Å². The molecule has 0 aromatic heterocycles. The van der Waals surface area contributed by atoms with Crippen molar-refractivity contribution >= 4 is 0 Å². The predicted octanol–water partition coefficient (Wildman–Crippen LogP) is 3.75. The molecule has 0 aromatic rings. The first-order chi connectivity index (χ1) is 8.29. The van der Waals surface area contributed by atoms with E-state index >= 15 is 0 Å². The van der Waals surface area contributed by atoms with Gasteiger partial charge in [-0.1, -0.05) is 25.7 Å². The Morgan fingerprint density at radius 2 is 1.76 bits per heavy atom. The molecule has 1 fully saturated rings. The van der Waals surface area contributed by atoms with E-state index in [1.807, 2.05) is 0 Å². The van der Waals surface area contributed by atoms with Gasteiger partial charge in [-0.05, 0) is 58.5 Å². The van der Waals surface area contributed by atoms with Crippen LogP contribution in [0.25, 0.3) is 0 Å². The van der Waals surface area contributed by atoms with Crippen LogP contribution in [0.1, 0.15) is 65.2 Å². The second-order valence-electron chi connectivity index (χ2n) is 5.69. The molecule has 1 N–H and O–H groups in total. The number of ether oxygens (including phenoxy) is 1. The van der Waals surface area contributed by atoms with E-state index in [-0.39, 0.29) is 0 Å². The normalized spacial score (nSPS) is 18.5. The lowest BCUT2D eigenvalue weighted by Crippen LogP contribution is -2.23. The van der Waals surface area contributed by atoms with Crippen LogP contribution in [0.15, 0.2) is 0 Å². The van der Waals surface area contributed by atoms with Crippen LogP contribution in [0, 0.1) is 5.92 Å². The van der Waals surface area contributed by atoms with Gasteiger partial charge in [-0.3, -0.25) is 0 Å². The average molecular weight is 241 g/mol. The van der Waals surface area contributed by atoms with Gasteiger partial charge in [0.15, 0.2) is 0 Å². The third kappa shape index (κ3) is 8.62. The van der Waals surface area contributed by atoms with Crippen molar-refractivity contribution in [3.63, 3.8) is 0 Å². The maximum absolute atomic E-state index is 5.53. The topological polar surface area (TPSA) is 21.3 Å². The molecule has 2 nitrogen and oxygen atoms in total. The van der Waals surface area contributed by atoms with Crippen LogP contribution in [0.2, 0.25) is 0 Å². The number of rotatable bonds is 8. The molecular formula is C15H31NO. The summed E-state index contributed by atoms with van der Waals surface area (Å²) in [4.78, 5) is 0. The molecule has 0 unspecified atom stereocenters. The number of hydrogen-bond donors (Lipinski definition) is 1. The Morgan fingerprint density at radius 3 is 2.41 bits per heavy atom. The molecule has 0 spiro atoms. The van der Waals surface area contributed by atoms with Crippen LogP contribution >= 0.6 is 0 Å². The Kier molecular flexibility index (Phi) is 8.72. The van der Waals surface area contributed by atoms with Crippen molar-refractivity contribution in [2.45, 2.75) is 71.3 Å². The highest BCUT2D eigenvalue weighted by molar-refractivity contribution is 4.66. The summed E-state index contributed by atoms with van der Waals surface area (Å²) in [6, 6.07) is 0. The Bertz CT molecular complexity index is 162. The van der Waals surface area contributed by atoms with Crippen LogP contribution in [-0.4, -0.2) is 25.8 Å². The Balaban J connectivity index is 1.86. The molecular weight excluding hydrogens is 210 g/mol. The zero-order valence-electron chi connectivity index (χ0n) is 11.8. The largest absolute Gasteiger partial charge is 0.379 e. The van der Waals surface area contributed by atoms with E-state index in [1.165, 1.54) is 57.9 Å². The van der Waals surface area contributed by atoms with Gasteiger partial charge in [0.25, 0.3) is 0 Å². The van der Waals surface area contributed by atoms with Crippen LogP contribution in [0.3, 0.4) is 0 Å². The fraction of sp³-hybridized carbons (Fsp3) is 1.00. The molecule has 0 aromatic carbocycles. The smallest absolute Gasteiger partial charge is 0.0518 e. The molecule has 0 amide bonds. The molecule has 1 aliphatic carbocycles. The van der Waals surface area contributed by atoms with Gasteiger partial charge in [0, 0.05) is 6.61 Å². The molecule has 102 valence electrons. The summed E-state index contributed by atoms with van der Waals surface area (Å²) in [5, 5.41) is 3.62. The van der Waals surface area contributed by atoms with Crippen molar-refractivity contribution in [3.8, 4) is 0 Å². The second kappa shape index (κ2) is 9.90. The maximum Gasteiger partial charge on any atom is 0.0518 e. The molecule has 0 aliphatic heterocycles. The highest BCUT2D eigenvalue weighted by Crippen LogP contribution is 2.21. The maximum atomic E-state index is 5.53. The minimum Gasteiger partial charge on any atom is -0.379 e. The van der Waals surface area contributed by atoms with E-state index in [0.29, 0.717) is 6.10 Å². The summed E-state index contributed by atoms with van der Waals surface area (Å²) in [5.41, 5.74) is 0. The van der Waals surface area contributed by atoms with Gasteiger partial charge in [0.2, 0.25) is 0 Å². The summed E-state index contributed by atoms with van der Waals surface area (Å²) < 4.78 is 5.53. The lowest BCUT2D eigenvalue weighted by atomic mass is 10.0. The second-order valence-corrected chi connectivity index (χ2v) is 5.69. The fourth-order valence-electron chi connectivity index (χ4n) is 2.55. The first-order valence-corrected chi connectivity index (χ1v) is 7.61. The van der Waals surface area contributed by atoms with E-state index in [1.54, 1.807) is 0 Å². The van der Waals surface area contributed by atoms with Gasteiger partial charge >= 0.3 is 0 Å². The van der Waals surface area contributed by atoms with E-state index in [4.69, 9.17) is 4.74 Å². The minimum absolute atomic E-state index is 0.383. The Labute approximate surface area is 108 Å². The Morgan fingerprint density at radius 1 is 1.06 bits per heavy atom. The monoisotopic (exact) mass is 241 g/mol. The molecule has 0 bridgehead atoms. The summed E-state index contributed by atoms with van der Waals surface area (Å²) in [6.45, 7) is 7.53. The van der Waals surface area contributed by atoms with Gasteiger partial charge in [-0.25, -0.2) is 0 Å². The van der Waals surface area contributed by atoms with Crippen molar-refractivity contribution in [2.24, 2.45) is 5.92 Å². The number of unbranched alkanes of at least 4 members (excludes halogenated alkanes) is 1. The molecule has 0 atom stereocenters. The lowest BCUT2D eigenvalue weighted by molar-refractivity contribution is 0.0760. The lowest BCUT2D eigenvalue weighted by Gasteiger charge is -2.14. The summed E-state index contributed by atoms with van der Waals surface area (Å²) in [6.07, 6.45) is 11.5. The molecule has 0 radical (unpaired) electrons. The van der Waals surface area contributed by atoms with Crippen molar-refractivity contribution in [2.75, 3.05) is 19.7 Å².